The van der Waals surface area contributed by atoms with E-state index in [1.165, 1.54) is 0 Å². The SMILES string of the molecule is COc1ccc2c(c1)nc(C1=C(O)CN(c3cccc(Br)c3)C1=N)n2C. The minimum absolute atomic E-state index is 0.139. The summed E-state index contributed by atoms with van der Waals surface area (Å²) in [6.45, 7) is 0.247. The number of nitrogens with one attached hydrogen (secondary N) is 1. The van der Waals surface area contributed by atoms with Crippen LogP contribution in [-0.2, 0) is 7.05 Å². The summed E-state index contributed by atoms with van der Waals surface area (Å²) >= 11 is 3.45. The Morgan fingerprint density at radius 3 is 2.77 bits per heavy atom. The van der Waals surface area contributed by atoms with Crippen LogP contribution in [0.25, 0.3) is 16.6 Å². The van der Waals surface area contributed by atoms with E-state index < -0.39 is 0 Å². The van der Waals surface area contributed by atoms with Crippen molar-refractivity contribution in [3.63, 3.8) is 0 Å². The van der Waals surface area contributed by atoms with E-state index in [4.69, 9.17) is 10.1 Å². The molecule has 1 aromatic heterocycles. The average molecular weight is 413 g/mol. The molecule has 2 heterocycles. The number of ether oxygens (including phenoxy) is 1. The number of aliphatic hydroxyl groups excluding tert-OH is 1. The standard InChI is InChI=1S/C19H17BrN4O2/c1-23-15-7-6-13(26-2)9-14(15)22-19(23)17-16(25)10-24(18(17)21)12-5-3-4-11(20)8-12/h3-9,21,25H,10H2,1-2H3. The van der Waals surface area contributed by atoms with E-state index in [1.54, 1.807) is 12.0 Å². The van der Waals surface area contributed by atoms with Gasteiger partial charge in [-0.3, -0.25) is 5.41 Å². The Morgan fingerprint density at radius 2 is 2.04 bits per heavy atom. The normalized spacial score (nSPS) is 14.6. The second-order valence-electron chi connectivity index (χ2n) is 6.09. The van der Waals surface area contributed by atoms with Gasteiger partial charge in [-0.2, -0.15) is 0 Å². The highest BCUT2D eigenvalue weighted by atomic mass is 79.9. The number of fused-ring (bicyclic) bond motifs is 1. The van der Waals surface area contributed by atoms with Crippen LogP contribution >= 0.6 is 15.9 Å². The van der Waals surface area contributed by atoms with E-state index in [9.17, 15) is 5.11 Å². The van der Waals surface area contributed by atoms with Gasteiger partial charge in [0.05, 0.1) is 30.3 Å². The highest BCUT2D eigenvalue weighted by Crippen LogP contribution is 2.33. The zero-order chi connectivity index (χ0) is 18.4. The Balaban J connectivity index is 1.78. The second-order valence-corrected chi connectivity index (χ2v) is 7.00. The van der Waals surface area contributed by atoms with Crippen LogP contribution in [0.2, 0.25) is 0 Å². The predicted octanol–water partition coefficient (Wildman–Crippen LogP) is 4.11. The maximum atomic E-state index is 10.6. The number of aliphatic hydroxyl groups is 1. The van der Waals surface area contributed by atoms with Crippen LogP contribution in [0.1, 0.15) is 5.82 Å². The molecular weight excluding hydrogens is 396 g/mol. The molecule has 0 aliphatic carbocycles. The molecule has 1 aliphatic rings. The lowest BCUT2D eigenvalue weighted by Crippen LogP contribution is -2.26. The van der Waals surface area contributed by atoms with Crippen LogP contribution in [-0.4, -0.2) is 34.1 Å². The smallest absolute Gasteiger partial charge is 0.148 e. The maximum absolute atomic E-state index is 10.6. The molecule has 0 saturated carbocycles. The van der Waals surface area contributed by atoms with Crippen molar-refractivity contribution >= 4 is 44.1 Å². The van der Waals surface area contributed by atoms with Crippen LogP contribution in [0.5, 0.6) is 5.75 Å². The van der Waals surface area contributed by atoms with Crippen LogP contribution in [0, 0.1) is 5.41 Å². The third-order valence-corrected chi connectivity index (χ3v) is 5.03. The molecule has 2 aromatic carbocycles. The number of aromatic nitrogens is 2. The van der Waals surface area contributed by atoms with E-state index in [-0.39, 0.29) is 18.1 Å². The summed E-state index contributed by atoms with van der Waals surface area (Å²) < 4.78 is 8.07. The molecule has 7 heteroatoms. The fourth-order valence-electron chi connectivity index (χ4n) is 3.21. The number of anilines is 1. The first kappa shape index (κ1) is 16.7. The molecule has 0 atom stereocenters. The number of hydrogen-bond donors (Lipinski definition) is 2. The molecular formula is C19H17BrN4O2. The van der Waals surface area contributed by atoms with Crippen molar-refractivity contribution < 1.29 is 9.84 Å². The molecule has 0 spiro atoms. The third-order valence-electron chi connectivity index (χ3n) is 4.53. The van der Waals surface area contributed by atoms with Crippen molar-refractivity contribution in [2.45, 2.75) is 0 Å². The molecule has 2 N–H and O–H groups in total. The lowest BCUT2D eigenvalue weighted by Gasteiger charge is -2.19. The van der Waals surface area contributed by atoms with Gasteiger partial charge in [-0.15, -0.1) is 0 Å². The lowest BCUT2D eigenvalue weighted by atomic mass is 10.2. The number of amidine groups is 1. The summed E-state index contributed by atoms with van der Waals surface area (Å²) in [5.41, 5.74) is 2.96. The van der Waals surface area contributed by atoms with E-state index >= 15 is 0 Å². The van der Waals surface area contributed by atoms with Gasteiger partial charge in [0, 0.05) is 23.3 Å². The number of methoxy groups -OCH3 is 1. The van der Waals surface area contributed by atoms with Gasteiger partial charge in [0.2, 0.25) is 0 Å². The Morgan fingerprint density at radius 1 is 1.23 bits per heavy atom. The highest BCUT2D eigenvalue weighted by molar-refractivity contribution is 9.10. The van der Waals surface area contributed by atoms with Crippen molar-refractivity contribution in [2.75, 3.05) is 18.6 Å². The van der Waals surface area contributed by atoms with Crippen LogP contribution in [0.3, 0.4) is 0 Å². The topological polar surface area (TPSA) is 74.4 Å². The number of imidazole rings is 1. The Labute approximate surface area is 159 Å². The van der Waals surface area contributed by atoms with Gasteiger partial charge in [0.25, 0.3) is 0 Å². The van der Waals surface area contributed by atoms with Crippen molar-refractivity contribution in [1.82, 2.24) is 9.55 Å². The molecule has 0 saturated heterocycles. The van der Waals surface area contributed by atoms with Crippen molar-refractivity contribution in [2.24, 2.45) is 7.05 Å². The number of nitrogens with zero attached hydrogens (tertiary/aromatic N) is 3. The summed E-state index contributed by atoms with van der Waals surface area (Å²) in [6.07, 6.45) is 0. The molecule has 0 fully saturated rings. The van der Waals surface area contributed by atoms with E-state index in [0.717, 1.165) is 26.9 Å². The van der Waals surface area contributed by atoms with Gasteiger partial charge in [0.1, 0.15) is 23.2 Å². The molecule has 0 unspecified atom stereocenters. The molecule has 0 radical (unpaired) electrons. The number of aryl methyl sites for hydroxylation is 1. The van der Waals surface area contributed by atoms with Crippen LogP contribution in [0.15, 0.2) is 52.7 Å². The summed E-state index contributed by atoms with van der Waals surface area (Å²) in [7, 11) is 3.49. The Bertz CT molecular complexity index is 1070. The van der Waals surface area contributed by atoms with E-state index in [1.807, 2.05) is 54.1 Å². The third kappa shape index (κ3) is 2.55. The van der Waals surface area contributed by atoms with Gasteiger partial charge in [-0.05, 0) is 30.3 Å². The summed E-state index contributed by atoms with van der Waals surface area (Å²) in [5.74, 6) is 1.65. The lowest BCUT2D eigenvalue weighted by molar-refractivity contribution is 0.411. The molecule has 3 aromatic rings. The maximum Gasteiger partial charge on any atom is 0.148 e. The summed E-state index contributed by atoms with van der Waals surface area (Å²) in [6, 6.07) is 13.3. The summed E-state index contributed by atoms with van der Waals surface area (Å²) in [5, 5.41) is 19.2. The van der Waals surface area contributed by atoms with Gasteiger partial charge in [-0.25, -0.2) is 4.98 Å². The largest absolute Gasteiger partial charge is 0.509 e. The van der Waals surface area contributed by atoms with Gasteiger partial charge >= 0.3 is 0 Å². The minimum atomic E-state index is 0.139. The van der Waals surface area contributed by atoms with Gasteiger partial charge in [-0.1, -0.05) is 22.0 Å². The number of benzene rings is 2. The van der Waals surface area contributed by atoms with E-state index in [0.29, 0.717) is 11.4 Å². The fraction of sp³-hybridized carbons (Fsp3) is 0.158. The number of hydrogen-bond acceptors (Lipinski definition) is 4. The number of rotatable bonds is 3. The predicted molar refractivity (Wildman–Crippen MR) is 106 cm³/mol. The summed E-state index contributed by atoms with van der Waals surface area (Å²) in [4.78, 5) is 6.40. The van der Waals surface area contributed by atoms with E-state index in [2.05, 4.69) is 20.9 Å². The zero-order valence-electron chi connectivity index (χ0n) is 14.3. The fourth-order valence-corrected chi connectivity index (χ4v) is 3.60. The van der Waals surface area contributed by atoms with Crippen molar-refractivity contribution in [1.29, 1.82) is 5.41 Å². The Kier molecular flexibility index (Phi) is 3.96. The van der Waals surface area contributed by atoms with Crippen molar-refractivity contribution in [3.05, 3.63) is 58.5 Å². The average Bonchev–Trinajstić information content (AvgIpc) is 3.10. The van der Waals surface area contributed by atoms with Gasteiger partial charge < -0.3 is 19.3 Å². The van der Waals surface area contributed by atoms with Crippen LogP contribution in [0.4, 0.5) is 5.69 Å². The monoisotopic (exact) mass is 412 g/mol. The first-order valence-corrected chi connectivity index (χ1v) is 8.84. The first-order valence-electron chi connectivity index (χ1n) is 8.04. The minimum Gasteiger partial charge on any atom is -0.509 e. The Hall–Kier alpha value is -2.80. The molecule has 0 amide bonds. The first-order chi connectivity index (χ1) is 12.5. The van der Waals surface area contributed by atoms with Gasteiger partial charge in [0.15, 0.2) is 0 Å². The second kappa shape index (κ2) is 6.17. The quantitative estimate of drug-likeness (QED) is 0.678. The molecule has 0 bridgehead atoms. The highest BCUT2D eigenvalue weighted by Gasteiger charge is 2.32. The molecule has 132 valence electrons. The molecule has 26 heavy (non-hydrogen) atoms. The molecule has 4 rings (SSSR count). The molecule has 6 nitrogen and oxygen atoms in total. The van der Waals surface area contributed by atoms with Crippen LogP contribution < -0.4 is 9.64 Å². The van der Waals surface area contributed by atoms with Crippen molar-refractivity contribution in [3.8, 4) is 5.75 Å². The molecule has 1 aliphatic heterocycles. The zero-order valence-corrected chi connectivity index (χ0v) is 15.9. The number of halogens is 1.